The predicted molar refractivity (Wildman–Crippen MR) is 100 cm³/mol. The van der Waals surface area contributed by atoms with Crippen molar-refractivity contribution < 1.29 is 10.0 Å². The van der Waals surface area contributed by atoms with Crippen molar-refractivity contribution in [2.45, 2.75) is 0 Å². The molecule has 2 nitrogen and oxygen atoms in total. The maximum atomic E-state index is 9.24. The molecule has 112 valence electrons. The Labute approximate surface area is 142 Å². The molecule has 2 N–H and O–H groups in total. The molecule has 2 aromatic heterocycles. The van der Waals surface area contributed by atoms with Crippen LogP contribution < -0.4 is 4.78 Å². The van der Waals surface area contributed by atoms with Gasteiger partial charge in [-0.1, -0.05) is 42.5 Å². The van der Waals surface area contributed by atoms with Crippen LogP contribution in [0.4, 0.5) is 0 Å². The molecular weight excluding hydrogens is 323 g/mol. The maximum Gasteiger partial charge on any atom is 0.499 e. The molecule has 0 radical (unpaired) electrons. The third kappa shape index (κ3) is 2.84. The number of fused-ring (bicyclic) bond motifs is 1. The summed E-state index contributed by atoms with van der Waals surface area (Å²) in [6.07, 6.45) is 0. The lowest BCUT2D eigenvalue weighted by Crippen LogP contribution is -2.26. The molecule has 0 saturated heterocycles. The lowest BCUT2D eigenvalue weighted by atomic mass is 9.90. The highest BCUT2D eigenvalue weighted by molar-refractivity contribution is 7.28. The minimum atomic E-state index is -1.39. The molecule has 0 atom stereocenters. The third-order valence-electron chi connectivity index (χ3n) is 3.76. The number of hydrogen-bond acceptors (Lipinski definition) is 4. The Bertz CT molecular complexity index is 972. The zero-order valence-corrected chi connectivity index (χ0v) is 13.8. The molecule has 0 aliphatic rings. The Morgan fingerprint density at radius 1 is 0.652 bits per heavy atom. The van der Waals surface area contributed by atoms with Crippen LogP contribution in [0.3, 0.4) is 0 Å². The molecule has 0 saturated carbocycles. The normalized spacial score (nSPS) is 11.0. The van der Waals surface area contributed by atoms with E-state index in [4.69, 9.17) is 0 Å². The zero-order chi connectivity index (χ0) is 15.8. The number of thiophene rings is 2. The van der Waals surface area contributed by atoms with E-state index in [1.165, 1.54) is 32.5 Å². The summed E-state index contributed by atoms with van der Waals surface area (Å²) in [5.41, 5.74) is 1.21. The van der Waals surface area contributed by atoms with Crippen molar-refractivity contribution in [1.29, 1.82) is 0 Å². The Hall–Kier alpha value is -1.92. The minimum Gasteiger partial charge on any atom is -0.423 e. The number of hydrogen-bond donors (Lipinski definition) is 2. The second-order valence-electron chi connectivity index (χ2n) is 5.30. The number of benzene rings is 2. The van der Waals surface area contributed by atoms with E-state index < -0.39 is 7.12 Å². The van der Waals surface area contributed by atoms with Gasteiger partial charge >= 0.3 is 7.12 Å². The van der Waals surface area contributed by atoms with Crippen LogP contribution in [0.5, 0.6) is 0 Å². The highest BCUT2D eigenvalue weighted by atomic mass is 32.1. The van der Waals surface area contributed by atoms with Gasteiger partial charge in [0.25, 0.3) is 0 Å². The standard InChI is InChI=1S/C18H13BO2S2/c20-19(21)18-10-9-17(23-18)16-8-7-15(22-16)14-6-5-12-3-1-2-4-13(12)11-14/h1-11,20-21H. The van der Waals surface area contributed by atoms with Gasteiger partial charge in [-0.05, 0) is 40.6 Å². The van der Waals surface area contributed by atoms with Crippen LogP contribution in [0.25, 0.3) is 31.0 Å². The molecule has 2 heterocycles. The topological polar surface area (TPSA) is 40.5 Å². The van der Waals surface area contributed by atoms with Crippen molar-refractivity contribution in [2.24, 2.45) is 0 Å². The van der Waals surface area contributed by atoms with Crippen molar-refractivity contribution in [1.82, 2.24) is 0 Å². The SMILES string of the molecule is OB(O)c1ccc(-c2ccc(-c3ccc4ccccc4c3)s2)s1. The van der Waals surface area contributed by atoms with Gasteiger partial charge in [0.05, 0.1) is 0 Å². The maximum absolute atomic E-state index is 9.24. The number of rotatable bonds is 3. The van der Waals surface area contributed by atoms with E-state index in [-0.39, 0.29) is 0 Å². The summed E-state index contributed by atoms with van der Waals surface area (Å²) in [5.74, 6) is 0. The Kier molecular flexibility index (Phi) is 3.79. The van der Waals surface area contributed by atoms with Gasteiger partial charge in [0.2, 0.25) is 0 Å². The van der Waals surface area contributed by atoms with Crippen molar-refractivity contribution in [3.05, 3.63) is 66.7 Å². The smallest absolute Gasteiger partial charge is 0.423 e. The minimum absolute atomic E-state index is 0.570. The second kappa shape index (κ2) is 5.94. The van der Waals surface area contributed by atoms with E-state index in [1.807, 2.05) is 6.07 Å². The molecular formula is C18H13BO2S2. The summed E-state index contributed by atoms with van der Waals surface area (Å²) in [7, 11) is -1.39. The van der Waals surface area contributed by atoms with Gasteiger partial charge in [-0.25, -0.2) is 0 Å². The summed E-state index contributed by atoms with van der Waals surface area (Å²) >= 11 is 3.14. The summed E-state index contributed by atoms with van der Waals surface area (Å²) in [6, 6.07) is 22.8. The summed E-state index contributed by atoms with van der Waals surface area (Å²) in [6.45, 7) is 0. The summed E-state index contributed by atoms with van der Waals surface area (Å²) in [5, 5.41) is 21.0. The van der Waals surface area contributed by atoms with E-state index in [9.17, 15) is 10.0 Å². The summed E-state index contributed by atoms with van der Waals surface area (Å²) < 4.78 is 0.570. The van der Waals surface area contributed by atoms with Gasteiger partial charge in [-0.3, -0.25) is 0 Å². The van der Waals surface area contributed by atoms with E-state index in [2.05, 4.69) is 54.6 Å². The highest BCUT2D eigenvalue weighted by Crippen LogP contribution is 2.36. The van der Waals surface area contributed by atoms with E-state index in [1.54, 1.807) is 17.4 Å². The van der Waals surface area contributed by atoms with Gasteiger partial charge in [0.15, 0.2) is 0 Å². The molecule has 0 fully saturated rings. The largest absolute Gasteiger partial charge is 0.499 e. The van der Waals surface area contributed by atoms with E-state index >= 15 is 0 Å². The van der Waals surface area contributed by atoms with Crippen molar-refractivity contribution >= 4 is 45.3 Å². The fourth-order valence-electron chi connectivity index (χ4n) is 2.59. The van der Waals surface area contributed by atoms with Crippen molar-refractivity contribution in [3.8, 4) is 20.2 Å². The van der Waals surface area contributed by atoms with Crippen molar-refractivity contribution in [3.63, 3.8) is 0 Å². The van der Waals surface area contributed by atoms with Gasteiger partial charge in [0, 0.05) is 19.4 Å². The monoisotopic (exact) mass is 336 g/mol. The van der Waals surface area contributed by atoms with Gasteiger partial charge in [0.1, 0.15) is 0 Å². The Morgan fingerprint density at radius 2 is 1.35 bits per heavy atom. The van der Waals surface area contributed by atoms with Crippen LogP contribution >= 0.6 is 22.7 Å². The molecule has 2 aromatic carbocycles. The lowest BCUT2D eigenvalue weighted by Gasteiger charge is -2.01. The fourth-order valence-corrected chi connectivity index (χ4v) is 4.56. The molecule has 0 aliphatic heterocycles. The second-order valence-corrected chi connectivity index (χ2v) is 7.50. The predicted octanol–water partition coefficient (Wildman–Crippen LogP) is 3.98. The van der Waals surface area contributed by atoms with Gasteiger partial charge in [-0.2, -0.15) is 0 Å². The first-order valence-electron chi connectivity index (χ1n) is 7.26. The first-order chi connectivity index (χ1) is 11.2. The van der Waals surface area contributed by atoms with Crippen LogP contribution in [0.1, 0.15) is 0 Å². The molecule has 0 amide bonds. The molecule has 0 aliphatic carbocycles. The van der Waals surface area contributed by atoms with Crippen LogP contribution in [0.15, 0.2) is 66.7 Å². The van der Waals surface area contributed by atoms with Crippen LogP contribution in [-0.2, 0) is 0 Å². The Morgan fingerprint density at radius 3 is 2.13 bits per heavy atom. The molecule has 4 aromatic rings. The Balaban J connectivity index is 1.70. The van der Waals surface area contributed by atoms with Gasteiger partial charge < -0.3 is 10.0 Å². The third-order valence-corrected chi connectivity index (χ3v) is 6.22. The highest BCUT2D eigenvalue weighted by Gasteiger charge is 2.15. The molecule has 0 spiro atoms. The molecule has 4 rings (SSSR count). The van der Waals surface area contributed by atoms with Crippen LogP contribution in [0.2, 0.25) is 0 Å². The quantitative estimate of drug-likeness (QED) is 0.556. The van der Waals surface area contributed by atoms with E-state index in [0.29, 0.717) is 4.78 Å². The van der Waals surface area contributed by atoms with Crippen molar-refractivity contribution in [2.75, 3.05) is 0 Å². The van der Waals surface area contributed by atoms with Gasteiger partial charge in [-0.15, -0.1) is 22.7 Å². The fraction of sp³-hybridized carbons (Fsp3) is 0. The summed E-state index contributed by atoms with van der Waals surface area (Å²) in [4.78, 5) is 3.42. The first kappa shape index (κ1) is 14.7. The van der Waals surface area contributed by atoms with Crippen LogP contribution in [-0.4, -0.2) is 17.2 Å². The van der Waals surface area contributed by atoms with Crippen LogP contribution in [0, 0.1) is 0 Å². The molecule has 5 heteroatoms. The molecule has 0 bridgehead atoms. The lowest BCUT2D eigenvalue weighted by molar-refractivity contribution is 0.427. The molecule has 23 heavy (non-hydrogen) atoms. The van der Waals surface area contributed by atoms with E-state index in [0.717, 1.165) is 9.75 Å². The average molecular weight is 336 g/mol. The first-order valence-corrected chi connectivity index (χ1v) is 8.89. The zero-order valence-electron chi connectivity index (χ0n) is 12.1. The molecule has 0 unspecified atom stereocenters. The average Bonchev–Trinajstić information content (AvgIpc) is 3.23.